The molecule has 1 aromatic carbocycles. The molecule has 1 aliphatic rings. The predicted molar refractivity (Wildman–Crippen MR) is 86.5 cm³/mol. The average Bonchev–Trinajstić information content (AvgIpc) is 2.46. The fraction of sp³-hybridized carbons (Fsp3) is 0.667. The number of ether oxygens (including phenoxy) is 2. The van der Waals surface area contributed by atoms with E-state index in [0.29, 0.717) is 24.9 Å². The molecule has 118 valence electrons. The summed E-state index contributed by atoms with van der Waals surface area (Å²) in [5.41, 5.74) is 2.64. The molecule has 0 bridgehead atoms. The average molecular weight is 291 g/mol. The first-order valence-electron chi connectivity index (χ1n) is 8.23. The summed E-state index contributed by atoms with van der Waals surface area (Å²) in [7, 11) is 0. The molecule has 3 nitrogen and oxygen atoms in total. The molecule has 0 aliphatic carbocycles. The summed E-state index contributed by atoms with van der Waals surface area (Å²) < 4.78 is 11.8. The Hall–Kier alpha value is -0.900. The number of likely N-dealkylation sites (N-methyl/N-ethyl adjacent to an activating group) is 1. The zero-order valence-corrected chi connectivity index (χ0v) is 13.6. The molecule has 2 unspecified atom stereocenters. The Balaban J connectivity index is 1.75. The van der Waals surface area contributed by atoms with E-state index in [1.165, 1.54) is 11.1 Å². The smallest absolute Gasteiger partial charge is 0.0720 e. The molecule has 1 aliphatic heterocycles. The van der Waals surface area contributed by atoms with Gasteiger partial charge in [0.1, 0.15) is 0 Å². The van der Waals surface area contributed by atoms with Crippen LogP contribution in [0.2, 0.25) is 0 Å². The molecule has 0 aromatic heterocycles. The van der Waals surface area contributed by atoms with Crippen LogP contribution in [0.25, 0.3) is 0 Å². The van der Waals surface area contributed by atoms with Crippen LogP contribution in [0.1, 0.15) is 44.7 Å². The standard InChI is InChI=1S/C18H29NO2/c1-4-19-10-9-16-5-7-17(8-6-16)13-20-18-11-14(2)21-15(3)12-18/h5-8,14-15,18-19H,4,9-13H2,1-3H3. The Bertz CT molecular complexity index is 394. The summed E-state index contributed by atoms with van der Waals surface area (Å²) in [5.74, 6) is 0. The van der Waals surface area contributed by atoms with Gasteiger partial charge in [0, 0.05) is 0 Å². The molecule has 0 amide bonds. The summed E-state index contributed by atoms with van der Waals surface area (Å²) in [6, 6.07) is 8.80. The molecule has 0 saturated carbocycles. The molecular formula is C18H29NO2. The van der Waals surface area contributed by atoms with Crippen LogP contribution in [-0.4, -0.2) is 31.4 Å². The quantitative estimate of drug-likeness (QED) is 0.782. The monoisotopic (exact) mass is 291 g/mol. The highest BCUT2D eigenvalue weighted by Gasteiger charge is 2.24. The normalized spacial score (nSPS) is 26.0. The first kappa shape index (κ1) is 16.5. The molecule has 1 N–H and O–H groups in total. The van der Waals surface area contributed by atoms with Crippen LogP contribution in [0, 0.1) is 0 Å². The predicted octanol–water partition coefficient (Wildman–Crippen LogP) is 3.31. The van der Waals surface area contributed by atoms with Crippen LogP contribution in [0.3, 0.4) is 0 Å². The molecule has 1 heterocycles. The van der Waals surface area contributed by atoms with Crippen molar-refractivity contribution in [1.82, 2.24) is 5.32 Å². The molecule has 0 spiro atoms. The van der Waals surface area contributed by atoms with Crippen molar-refractivity contribution in [2.45, 2.75) is 65.0 Å². The van der Waals surface area contributed by atoms with E-state index in [0.717, 1.165) is 32.4 Å². The lowest BCUT2D eigenvalue weighted by Crippen LogP contribution is -2.33. The SMILES string of the molecule is CCNCCc1ccc(COC2CC(C)OC(C)C2)cc1. The third kappa shape index (κ3) is 5.77. The molecule has 1 saturated heterocycles. The second-order valence-electron chi connectivity index (χ2n) is 6.08. The van der Waals surface area contributed by atoms with Crippen molar-refractivity contribution >= 4 is 0 Å². The zero-order chi connectivity index (χ0) is 15.1. The van der Waals surface area contributed by atoms with Crippen LogP contribution in [-0.2, 0) is 22.5 Å². The Morgan fingerprint density at radius 1 is 1.10 bits per heavy atom. The van der Waals surface area contributed by atoms with Gasteiger partial charge in [-0.25, -0.2) is 0 Å². The van der Waals surface area contributed by atoms with Crippen LogP contribution in [0.15, 0.2) is 24.3 Å². The lowest BCUT2D eigenvalue weighted by Gasteiger charge is -2.32. The molecule has 1 fully saturated rings. The Kier molecular flexibility index (Phi) is 6.68. The van der Waals surface area contributed by atoms with Gasteiger partial charge in [0.2, 0.25) is 0 Å². The van der Waals surface area contributed by atoms with Crippen LogP contribution < -0.4 is 5.32 Å². The van der Waals surface area contributed by atoms with Gasteiger partial charge in [-0.05, 0) is 57.3 Å². The molecule has 2 rings (SSSR count). The van der Waals surface area contributed by atoms with Gasteiger partial charge in [-0.1, -0.05) is 31.2 Å². The van der Waals surface area contributed by atoms with Crippen molar-refractivity contribution in [3.8, 4) is 0 Å². The maximum Gasteiger partial charge on any atom is 0.0720 e. The third-order valence-corrected chi connectivity index (χ3v) is 4.00. The second-order valence-corrected chi connectivity index (χ2v) is 6.08. The number of rotatable bonds is 7. The number of hydrogen-bond acceptors (Lipinski definition) is 3. The number of hydrogen-bond donors (Lipinski definition) is 1. The lowest BCUT2D eigenvalue weighted by molar-refractivity contribution is -0.106. The Morgan fingerprint density at radius 3 is 2.33 bits per heavy atom. The maximum atomic E-state index is 6.06. The topological polar surface area (TPSA) is 30.5 Å². The van der Waals surface area contributed by atoms with Gasteiger partial charge in [0.05, 0.1) is 24.9 Å². The Morgan fingerprint density at radius 2 is 1.71 bits per heavy atom. The van der Waals surface area contributed by atoms with E-state index < -0.39 is 0 Å². The lowest BCUT2D eigenvalue weighted by atomic mass is 10.0. The van der Waals surface area contributed by atoms with Gasteiger partial charge < -0.3 is 14.8 Å². The van der Waals surface area contributed by atoms with E-state index in [-0.39, 0.29) is 0 Å². The fourth-order valence-electron chi connectivity index (χ4n) is 2.91. The van der Waals surface area contributed by atoms with Gasteiger partial charge in [0.15, 0.2) is 0 Å². The summed E-state index contributed by atoms with van der Waals surface area (Å²) in [6.45, 7) is 9.18. The van der Waals surface area contributed by atoms with Crippen molar-refractivity contribution < 1.29 is 9.47 Å². The van der Waals surface area contributed by atoms with Gasteiger partial charge in [-0.3, -0.25) is 0 Å². The van der Waals surface area contributed by atoms with Gasteiger partial charge in [-0.15, -0.1) is 0 Å². The van der Waals surface area contributed by atoms with E-state index in [9.17, 15) is 0 Å². The minimum atomic E-state index is 0.312. The summed E-state index contributed by atoms with van der Waals surface area (Å²) in [5, 5.41) is 3.35. The van der Waals surface area contributed by atoms with E-state index in [4.69, 9.17) is 9.47 Å². The van der Waals surface area contributed by atoms with E-state index in [2.05, 4.69) is 50.4 Å². The number of nitrogens with one attached hydrogen (secondary N) is 1. The highest BCUT2D eigenvalue weighted by Crippen LogP contribution is 2.22. The zero-order valence-electron chi connectivity index (χ0n) is 13.6. The second kappa shape index (κ2) is 8.52. The highest BCUT2D eigenvalue weighted by atomic mass is 16.5. The van der Waals surface area contributed by atoms with Crippen molar-refractivity contribution in [2.75, 3.05) is 13.1 Å². The summed E-state index contributed by atoms with van der Waals surface area (Å²) in [4.78, 5) is 0. The number of benzene rings is 1. The van der Waals surface area contributed by atoms with Crippen LogP contribution in [0.5, 0.6) is 0 Å². The molecule has 1 aromatic rings. The highest BCUT2D eigenvalue weighted by molar-refractivity contribution is 5.22. The van der Waals surface area contributed by atoms with Crippen LogP contribution >= 0.6 is 0 Å². The van der Waals surface area contributed by atoms with E-state index in [1.807, 2.05) is 0 Å². The summed E-state index contributed by atoms with van der Waals surface area (Å²) >= 11 is 0. The van der Waals surface area contributed by atoms with Crippen LogP contribution in [0.4, 0.5) is 0 Å². The van der Waals surface area contributed by atoms with E-state index in [1.54, 1.807) is 0 Å². The Labute approximate surface area is 129 Å². The van der Waals surface area contributed by atoms with Gasteiger partial charge in [-0.2, -0.15) is 0 Å². The molecule has 3 heteroatoms. The first-order valence-corrected chi connectivity index (χ1v) is 8.23. The van der Waals surface area contributed by atoms with Crippen molar-refractivity contribution in [1.29, 1.82) is 0 Å². The first-order chi connectivity index (χ1) is 10.2. The summed E-state index contributed by atoms with van der Waals surface area (Å²) in [6.07, 6.45) is 4.05. The minimum absolute atomic E-state index is 0.312. The molecule has 2 atom stereocenters. The molecular weight excluding hydrogens is 262 g/mol. The third-order valence-electron chi connectivity index (χ3n) is 4.00. The maximum absolute atomic E-state index is 6.06. The molecule has 0 radical (unpaired) electrons. The van der Waals surface area contributed by atoms with Crippen molar-refractivity contribution in [3.63, 3.8) is 0 Å². The van der Waals surface area contributed by atoms with E-state index >= 15 is 0 Å². The largest absolute Gasteiger partial charge is 0.375 e. The fourth-order valence-corrected chi connectivity index (χ4v) is 2.91. The molecule has 21 heavy (non-hydrogen) atoms. The minimum Gasteiger partial charge on any atom is -0.375 e. The van der Waals surface area contributed by atoms with Crippen molar-refractivity contribution in [2.24, 2.45) is 0 Å². The van der Waals surface area contributed by atoms with Gasteiger partial charge >= 0.3 is 0 Å². The van der Waals surface area contributed by atoms with Crippen molar-refractivity contribution in [3.05, 3.63) is 35.4 Å². The van der Waals surface area contributed by atoms with Gasteiger partial charge in [0.25, 0.3) is 0 Å².